The molecule has 4 aliphatic rings. The molecule has 9 heteroatoms. The van der Waals surface area contributed by atoms with E-state index < -0.39 is 34.2 Å². The molecule has 0 aromatic heterocycles. The van der Waals surface area contributed by atoms with Crippen LogP contribution >= 0.6 is 0 Å². The Hall–Kier alpha value is -3.75. The highest BCUT2D eigenvalue weighted by Crippen LogP contribution is 2.64. The van der Waals surface area contributed by atoms with Crippen molar-refractivity contribution in [2.75, 3.05) is 4.90 Å². The third-order valence-electron chi connectivity index (χ3n) is 8.87. The van der Waals surface area contributed by atoms with E-state index in [1.54, 1.807) is 6.07 Å². The maximum atomic E-state index is 14.5. The van der Waals surface area contributed by atoms with Crippen molar-refractivity contribution in [2.45, 2.75) is 65.1 Å². The summed E-state index contributed by atoms with van der Waals surface area (Å²) in [7, 11) is 0. The van der Waals surface area contributed by atoms with Crippen molar-refractivity contribution in [2.24, 2.45) is 16.2 Å². The van der Waals surface area contributed by atoms with Crippen molar-refractivity contribution < 1.29 is 19.3 Å². The van der Waals surface area contributed by atoms with Gasteiger partial charge in [0.05, 0.1) is 17.5 Å². The number of urea groups is 1. The van der Waals surface area contributed by atoms with Gasteiger partial charge >= 0.3 is 6.03 Å². The van der Waals surface area contributed by atoms with Gasteiger partial charge < -0.3 is 4.90 Å². The van der Waals surface area contributed by atoms with E-state index in [1.807, 2.05) is 30.3 Å². The maximum absolute atomic E-state index is 14.5. The minimum Gasteiger partial charge on any atom is -0.363 e. The van der Waals surface area contributed by atoms with Crippen LogP contribution in [0.25, 0.3) is 0 Å². The number of amides is 4. The largest absolute Gasteiger partial charge is 0.363 e. The highest BCUT2D eigenvalue weighted by molar-refractivity contribution is 6.20. The van der Waals surface area contributed by atoms with Crippen LogP contribution in [0.1, 0.15) is 51.2 Å². The van der Waals surface area contributed by atoms with Crippen LogP contribution in [0.4, 0.5) is 16.2 Å². The summed E-state index contributed by atoms with van der Waals surface area (Å²) >= 11 is 0. The SMILES string of the molecule is CC1(C)C[C@@H]2C[C@](C)(C1)[C@@H]1N2c2ccc([N+](=O)[O-])cc2C[C@@]12C(=O)NC(=O)N(Cc1ccccc1)C2=O. The first-order chi connectivity index (χ1) is 17.4. The minimum atomic E-state index is -1.57. The number of hydrogen-bond donors (Lipinski definition) is 1. The van der Waals surface area contributed by atoms with E-state index in [0.717, 1.165) is 35.4 Å². The van der Waals surface area contributed by atoms with Crippen LogP contribution in [0.5, 0.6) is 0 Å². The summed E-state index contributed by atoms with van der Waals surface area (Å²) in [6.07, 6.45) is 2.53. The lowest BCUT2D eigenvalue weighted by Gasteiger charge is -2.53. The molecular weight excluding hydrogens is 472 g/mol. The Morgan fingerprint density at radius 3 is 2.49 bits per heavy atom. The molecule has 1 N–H and O–H groups in total. The van der Waals surface area contributed by atoms with E-state index in [4.69, 9.17) is 0 Å². The topological polar surface area (TPSA) is 113 Å². The fourth-order valence-electron chi connectivity index (χ4n) is 8.09. The molecule has 37 heavy (non-hydrogen) atoms. The molecule has 3 heterocycles. The molecule has 1 aliphatic carbocycles. The van der Waals surface area contributed by atoms with Gasteiger partial charge in [-0.2, -0.15) is 0 Å². The lowest BCUT2D eigenvalue weighted by atomic mass is 9.56. The average Bonchev–Trinajstić information content (AvgIpc) is 3.06. The molecule has 2 saturated heterocycles. The number of rotatable bonds is 3. The number of nitro benzene ring substituents is 1. The highest BCUT2D eigenvalue weighted by atomic mass is 16.6. The third kappa shape index (κ3) is 3.32. The summed E-state index contributed by atoms with van der Waals surface area (Å²) in [5.41, 5.74) is 0.188. The van der Waals surface area contributed by atoms with Gasteiger partial charge in [0.15, 0.2) is 5.41 Å². The van der Waals surface area contributed by atoms with Crippen molar-refractivity contribution in [3.8, 4) is 0 Å². The van der Waals surface area contributed by atoms with E-state index >= 15 is 0 Å². The molecule has 2 bridgehead atoms. The van der Waals surface area contributed by atoms with Gasteiger partial charge in [-0.1, -0.05) is 51.1 Å². The lowest BCUT2D eigenvalue weighted by molar-refractivity contribution is -0.384. The summed E-state index contributed by atoms with van der Waals surface area (Å²) in [5, 5.41) is 14.1. The van der Waals surface area contributed by atoms with Crippen LogP contribution in [0.15, 0.2) is 48.5 Å². The molecule has 192 valence electrons. The summed E-state index contributed by atoms with van der Waals surface area (Å²) in [4.78, 5) is 55.9. The molecule has 3 fully saturated rings. The van der Waals surface area contributed by atoms with Crippen molar-refractivity contribution in [3.63, 3.8) is 0 Å². The second kappa shape index (κ2) is 7.63. The summed E-state index contributed by atoms with van der Waals surface area (Å²) in [5.74, 6) is -1.13. The number of carbonyl (C=O) groups excluding carboxylic acids is 3. The number of hydrogen-bond acceptors (Lipinski definition) is 6. The predicted octanol–water partition coefficient (Wildman–Crippen LogP) is 4.19. The van der Waals surface area contributed by atoms with E-state index in [-0.39, 0.29) is 35.5 Å². The van der Waals surface area contributed by atoms with Crippen molar-refractivity contribution >= 4 is 29.2 Å². The van der Waals surface area contributed by atoms with E-state index in [0.29, 0.717) is 5.56 Å². The maximum Gasteiger partial charge on any atom is 0.331 e. The van der Waals surface area contributed by atoms with Gasteiger partial charge in [0.1, 0.15) is 0 Å². The standard InChI is InChI=1S/C28H30N4O5/c1-26(2)13-20-14-27(3,16-26)22-28(12-18-11-19(32(36)37)9-10-21(18)31(20)22)23(33)29-25(35)30(24(28)34)15-17-7-5-4-6-8-17/h4-11,20,22H,12-16H2,1-3H3,(H,29,33,35)/t20-,22+,27-,28+/m1/s1. The van der Waals surface area contributed by atoms with Gasteiger partial charge in [0, 0.05) is 30.3 Å². The molecular formula is C28H30N4O5. The Morgan fingerprint density at radius 1 is 1.05 bits per heavy atom. The second-order valence-corrected chi connectivity index (χ2v) is 12.2. The molecule has 3 aliphatic heterocycles. The fourth-order valence-corrected chi connectivity index (χ4v) is 8.09. The molecule has 6 rings (SSSR count). The zero-order valence-corrected chi connectivity index (χ0v) is 21.2. The summed E-state index contributed by atoms with van der Waals surface area (Å²) in [6.45, 7) is 6.63. The molecule has 2 aromatic rings. The number of benzene rings is 2. The Bertz CT molecular complexity index is 1360. The van der Waals surface area contributed by atoms with Crippen LogP contribution < -0.4 is 10.2 Å². The first-order valence-corrected chi connectivity index (χ1v) is 12.7. The smallest absolute Gasteiger partial charge is 0.331 e. The van der Waals surface area contributed by atoms with Crippen molar-refractivity contribution in [3.05, 3.63) is 69.8 Å². The normalized spacial score (nSPS) is 31.7. The number of anilines is 1. The van der Waals surface area contributed by atoms with Gasteiger partial charge in [0.2, 0.25) is 11.8 Å². The number of carbonyl (C=O) groups is 3. The quantitative estimate of drug-likeness (QED) is 0.383. The van der Waals surface area contributed by atoms with Crippen molar-refractivity contribution in [1.82, 2.24) is 10.2 Å². The molecule has 4 atom stereocenters. The van der Waals surface area contributed by atoms with E-state index in [1.165, 1.54) is 12.1 Å². The zero-order valence-electron chi connectivity index (χ0n) is 21.2. The highest BCUT2D eigenvalue weighted by Gasteiger charge is 2.71. The van der Waals surface area contributed by atoms with Gasteiger partial charge in [-0.05, 0) is 47.3 Å². The second-order valence-electron chi connectivity index (χ2n) is 12.2. The molecule has 4 amide bonds. The van der Waals surface area contributed by atoms with Crippen LogP contribution in [0, 0.1) is 26.4 Å². The number of barbiturate groups is 1. The molecule has 1 spiro atoms. The van der Waals surface area contributed by atoms with Gasteiger partial charge in [-0.3, -0.25) is 29.9 Å². The Morgan fingerprint density at radius 2 is 1.78 bits per heavy atom. The van der Waals surface area contributed by atoms with E-state index in [2.05, 4.69) is 31.0 Å². The molecule has 9 nitrogen and oxygen atoms in total. The van der Waals surface area contributed by atoms with Gasteiger partial charge in [-0.15, -0.1) is 0 Å². The number of nitrogens with zero attached hydrogens (tertiary/aromatic N) is 3. The molecule has 2 aromatic carbocycles. The van der Waals surface area contributed by atoms with E-state index in [9.17, 15) is 24.5 Å². The average molecular weight is 503 g/mol. The summed E-state index contributed by atoms with van der Waals surface area (Å²) in [6, 6.07) is 12.8. The molecule has 1 saturated carbocycles. The summed E-state index contributed by atoms with van der Waals surface area (Å²) < 4.78 is 0. The Labute approximate surface area is 215 Å². The van der Waals surface area contributed by atoms with Crippen LogP contribution in [0.3, 0.4) is 0 Å². The van der Waals surface area contributed by atoms with Crippen molar-refractivity contribution in [1.29, 1.82) is 0 Å². The monoisotopic (exact) mass is 502 g/mol. The Kier molecular flexibility index (Phi) is 4.87. The number of nitrogens with one attached hydrogen (secondary N) is 1. The number of non-ortho nitro benzene ring substituents is 1. The first-order valence-electron chi connectivity index (χ1n) is 12.7. The van der Waals surface area contributed by atoms with Crippen LogP contribution in [0.2, 0.25) is 0 Å². The first kappa shape index (κ1) is 23.6. The predicted molar refractivity (Wildman–Crippen MR) is 136 cm³/mol. The lowest BCUT2D eigenvalue weighted by Crippen LogP contribution is -2.73. The number of nitro groups is 1. The molecule has 0 unspecified atom stereocenters. The number of fused-ring (bicyclic) bond motifs is 8. The van der Waals surface area contributed by atoms with Gasteiger partial charge in [0.25, 0.3) is 5.69 Å². The molecule has 0 radical (unpaired) electrons. The van der Waals surface area contributed by atoms with Gasteiger partial charge in [-0.25, -0.2) is 4.79 Å². The fraction of sp³-hybridized carbons (Fsp3) is 0.464. The van der Waals surface area contributed by atoms with Crippen LogP contribution in [-0.2, 0) is 22.6 Å². The minimum absolute atomic E-state index is 0.00905. The Balaban J connectivity index is 1.54. The number of imide groups is 2. The zero-order chi connectivity index (χ0) is 26.3. The third-order valence-corrected chi connectivity index (χ3v) is 8.87. The van der Waals surface area contributed by atoms with Crippen LogP contribution in [-0.4, -0.2) is 39.8 Å².